The molecule has 0 aliphatic heterocycles. The van der Waals surface area contributed by atoms with E-state index < -0.39 is 23.7 Å². The molecule has 0 heterocycles. The van der Waals surface area contributed by atoms with Gasteiger partial charge in [0.1, 0.15) is 0 Å². The molecule has 0 aromatic rings. The molecule has 0 saturated carbocycles. The molecule has 2 amide bonds. The Morgan fingerprint density at radius 1 is 1.24 bits per heavy atom. The van der Waals surface area contributed by atoms with Gasteiger partial charge in [-0.2, -0.15) is 0 Å². The Kier molecular flexibility index (Phi) is 7.70. The second kappa shape index (κ2) is 8.51. The van der Waals surface area contributed by atoms with E-state index in [4.69, 9.17) is 10.8 Å². The van der Waals surface area contributed by atoms with E-state index in [1.807, 2.05) is 6.92 Å². The average Bonchev–Trinajstić information content (AvgIpc) is 2.30. The summed E-state index contributed by atoms with van der Waals surface area (Å²) in [6.45, 7) is 1.58. The number of carboxylic acids is 1. The van der Waals surface area contributed by atoms with Gasteiger partial charge in [0.2, 0.25) is 11.8 Å². The van der Waals surface area contributed by atoms with Gasteiger partial charge in [-0.25, -0.2) is 0 Å². The molecular formula is C10H19N3O4. The average molecular weight is 245 g/mol. The number of aliphatic carboxylic acids is 1. The first-order valence-corrected chi connectivity index (χ1v) is 5.47. The second-order valence-corrected chi connectivity index (χ2v) is 3.61. The minimum Gasteiger partial charge on any atom is -0.481 e. The van der Waals surface area contributed by atoms with Crippen molar-refractivity contribution < 1.29 is 19.5 Å². The summed E-state index contributed by atoms with van der Waals surface area (Å²) in [7, 11) is 0. The zero-order valence-electron chi connectivity index (χ0n) is 9.86. The monoisotopic (exact) mass is 245 g/mol. The third-order valence-electron chi connectivity index (χ3n) is 2.16. The van der Waals surface area contributed by atoms with E-state index in [-0.39, 0.29) is 19.6 Å². The molecule has 17 heavy (non-hydrogen) atoms. The summed E-state index contributed by atoms with van der Waals surface area (Å²) in [5, 5.41) is 13.6. The van der Waals surface area contributed by atoms with Gasteiger partial charge >= 0.3 is 5.97 Å². The normalized spacial score (nSPS) is 11.6. The van der Waals surface area contributed by atoms with Crippen molar-refractivity contribution in [1.29, 1.82) is 0 Å². The number of carbonyl (C=O) groups excluding carboxylic acids is 2. The third kappa shape index (κ3) is 7.29. The molecule has 0 aliphatic carbocycles. The number of carboxylic acid groups (broad SMARTS) is 1. The summed E-state index contributed by atoms with van der Waals surface area (Å²) in [6, 6.07) is 0. The van der Waals surface area contributed by atoms with Crippen LogP contribution in [0.25, 0.3) is 0 Å². The smallest absolute Gasteiger partial charge is 0.308 e. The molecule has 0 aromatic carbocycles. The molecule has 0 bridgehead atoms. The number of rotatable bonds is 8. The maximum Gasteiger partial charge on any atom is 0.308 e. The van der Waals surface area contributed by atoms with Crippen molar-refractivity contribution in [3.63, 3.8) is 0 Å². The van der Waals surface area contributed by atoms with Gasteiger partial charge in [-0.05, 0) is 6.42 Å². The van der Waals surface area contributed by atoms with Gasteiger partial charge in [-0.1, -0.05) is 13.3 Å². The van der Waals surface area contributed by atoms with E-state index in [2.05, 4.69) is 10.6 Å². The number of nitrogens with two attached hydrogens (primary N) is 1. The molecule has 0 spiro atoms. The molecule has 0 radical (unpaired) electrons. The highest BCUT2D eigenvalue weighted by atomic mass is 16.4. The highest BCUT2D eigenvalue weighted by molar-refractivity contribution is 5.85. The van der Waals surface area contributed by atoms with Gasteiger partial charge in [0, 0.05) is 6.54 Å². The van der Waals surface area contributed by atoms with Crippen LogP contribution >= 0.6 is 0 Å². The first-order chi connectivity index (χ1) is 8.01. The van der Waals surface area contributed by atoms with Crippen molar-refractivity contribution in [2.45, 2.75) is 19.8 Å². The molecule has 0 aliphatic rings. The van der Waals surface area contributed by atoms with Gasteiger partial charge < -0.3 is 21.5 Å². The maximum atomic E-state index is 11.2. The van der Waals surface area contributed by atoms with E-state index in [0.29, 0.717) is 6.42 Å². The molecule has 7 heteroatoms. The third-order valence-corrected chi connectivity index (χ3v) is 2.16. The Balaban J connectivity index is 3.88. The summed E-state index contributed by atoms with van der Waals surface area (Å²) in [5.74, 6) is -2.37. The van der Waals surface area contributed by atoms with E-state index in [0.717, 1.165) is 6.42 Å². The van der Waals surface area contributed by atoms with Crippen LogP contribution in [0.1, 0.15) is 19.8 Å². The van der Waals surface area contributed by atoms with Gasteiger partial charge in [-0.3, -0.25) is 14.4 Å². The van der Waals surface area contributed by atoms with Gasteiger partial charge in [0.25, 0.3) is 0 Å². The molecule has 0 saturated heterocycles. The lowest BCUT2D eigenvalue weighted by atomic mass is 10.0. The zero-order chi connectivity index (χ0) is 13.3. The molecular weight excluding hydrogens is 226 g/mol. The van der Waals surface area contributed by atoms with Gasteiger partial charge in [-0.15, -0.1) is 0 Å². The fraction of sp³-hybridized carbons (Fsp3) is 0.700. The largest absolute Gasteiger partial charge is 0.481 e. The minimum absolute atomic E-state index is 0.0699. The van der Waals surface area contributed by atoms with E-state index in [1.54, 1.807) is 0 Å². The topological polar surface area (TPSA) is 122 Å². The van der Waals surface area contributed by atoms with Crippen LogP contribution in [0.15, 0.2) is 0 Å². The number of carbonyl (C=O) groups is 3. The first-order valence-electron chi connectivity index (χ1n) is 5.47. The SMILES string of the molecule is CCCC(CNC(=O)CNC(=O)CN)C(=O)O. The zero-order valence-corrected chi connectivity index (χ0v) is 9.86. The van der Waals surface area contributed by atoms with Crippen LogP contribution in [-0.2, 0) is 14.4 Å². The molecule has 98 valence electrons. The van der Waals surface area contributed by atoms with Crippen LogP contribution in [0.3, 0.4) is 0 Å². The van der Waals surface area contributed by atoms with Crippen LogP contribution in [-0.4, -0.2) is 42.5 Å². The molecule has 1 unspecified atom stereocenters. The lowest BCUT2D eigenvalue weighted by Crippen LogP contribution is -2.41. The first kappa shape index (κ1) is 15.4. The standard InChI is InChI=1S/C10H19N3O4/c1-2-3-7(10(16)17)5-12-9(15)6-13-8(14)4-11/h7H,2-6,11H2,1H3,(H,12,15)(H,13,14)(H,16,17). The molecule has 7 nitrogen and oxygen atoms in total. The summed E-state index contributed by atoms with van der Waals surface area (Å²) >= 11 is 0. The van der Waals surface area contributed by atoms with Crippen LogP contribution in [0.2, 0.25) is 0 Å². The predicted molar refractivity (Wildman–Crippen MR) is 61.1 cm³/mol. The van der Waals surface area contributed by atoms with Gasteiger partial charge in [0.05, 0.1) is 19.0 Å². The van der Waals surface area contributed by atoms with Gasteiger partial charge in [0.15, 0.2) is 0 Å². The Morgan fingerprint density at radius 2 is 1.88 bits per heavy atom. The van der Waals surface area contributed by atoms with Crippen LogP contribution in [0.4, 0.5) is 0 Å². The molecule has 0 aromatic heterocycles. The van der Waals surface area contributed by atoms with Crippen molar-refractivity contribution in [1.82, 2.24) is 10.6 Å². The Bertz CT molecular complexity index is 281. The van der Waals surface area contributed by atoms with E-state index >= 15 is 0 Å². The molecule has 1 atom stereocenters. The summed E-state index contributed by atoms with van der Waals surface area (Å²) in [5.41, 5.74) is 5.04. The minimum atomic E-state index is -0.932. The lowest BCUT2D eigenvalue weighted by molar-refractivity contribution is -0.142. The van der Waals surface area contributed by atoms with E-state index in [1.165, 1.54) is 0 Å². The van der Waals surface area contributed by atoms with Crippen LogP contribution in [0, 0.1) is 5.92 Å². The van der Waals surface area contributed by atoms with Crippen molar-refractivity contribution >= 4 is 17.8 Å². The number of nitrogens with one attached hydrogen (secondary N) is 2. The van der Waals surface area contributed by atoms with Crippen molar-refractivity contribution in [2.75, 3.05) is 19.6 Å². The maximum absolute atomic E-state index is 11.2. The molecule has 0 rings (SSSR count). The van der Waals surface area contributed by atoms with Crippen molar-refractivity contribution in [3.8, 4) is 0 Å². The summed E-state index contributed by atoms with van der Waals surface area (Å²) in [6.07, 6.45) is 1.24. The number of hydrogen-bond donors (Lipinski definition) is 4. The Morgan fingerprint density at radius 3 is 2.35 bits per heavy atom. The molecule has 5 N–H and O–H groups in total. The highest BCUT2D eigenvalue weighted by Crippen LogP contribution is 2.04. The Labute approximate surface area is 99.7 Å². The van der Waals surface area contributed by atoms with E-state index in [9.17, 15) is 14.4 Å². The fourth-order valence-electron chi connectivity index (χ4n) is 1.21. The summed E-state index contributed by atoms with van der Waals surface area (Å²) < 4.78 is 0. The Hall–Kier alpha value is -1.63. The highest BCUT2D eigenvalue weighted by Gasteiger charge is 2.17. The second-order valence-electron chi connectivity index (χ2n) is 3.61. The van der Waals surface area contributed by atoms with Crippen LogP contribution < -0.4 is 16.4 Å². The lowest BCUT2D eigenvalue weighted by Gasteiger charge is -2.12. The van der Waals surface area contributed by atoms with Crippen LogP contribution in [0.5, 0.6) is 0 Å². The number of hydrogen-bond acceptors (Lipinski definition) is 4. The fourth-order valence-corrected chi connectivity index (χ4v) is 1.21. The van der Waals surface area contributed by atoms with Crippen molar-refractivity contribution in [2.24, 2.45) is 11.7 Å². The number of amides is 2. The predicted octanol–water partition coefficient (Wildman–Crippen LogP) is -1.32. The molecule has 0 fully saturated rings. The quantitative estimate of drug-likeness (QED) is 0.422. The summed E-state index contributed by atoms with van der Waals surface area (Å²) in [4.78, 5) is 32.8. The van der Waals surface area contributed by atoms with Crippen molar-refractivity contribution in [3.05, 3.63) is 0 Å².